The molecule has 1 unspecified atom stereocenters. The summed E-state index contributed by atoms with van der Waals surface area (Å²) in [6, 6.07) is 7.96. The molecule has 2 aromatic carbocycles. The van der Waals surface area contributed by atoms with Gasteiger partial charge in [-0.15, -0.1) is 0 Å². The molecule has 2 aliphatic carbocycles. The summed E-state index contributed by atoms with van der Waals surface area (Å²) in [6.07, 6.45) is -3.75. The van der Waals surface area contributed by atoms with E-state index in [0.717, 1.165) is 17.7 Å². The van der Waals surface area contributed by atoms with Crippen LogP contribution in [0.2, 0.25) is 0 Å². The third kappa shape index (κ3) is 6.99. The summed E-state index contributed by atoms with van der Waals surface area (Å²) >= 11 is 0. The van der Waals surface area contributed by atoms with Gasteiger partial charge in [0, 0.05) is 23.3 Å². The van der Waals surface area contributed by atoms with Crippen molar-refractivity contribution in [1.29, 1.82) is 0 Å². The van der Waals surface area contributed by atoms with Gasteiger partial charge in [-0.05, 0) is 81.8 Å². The Kier molecular flexibility index (Phi) is 8.09. The predicted molar refractivity (Wildman–Crippen MR) is 125 cm³/mol. The first kappa shape index (κ1) is 27.3. The monoisotopic (exact) mass is 530 g/mol. The smallest absolute Gasteiger partial charge is 0.433 e. The Morgan fingerprint density at radius 3 is 1.97 bits per heavy atom. The van der Waals surface area contributed by atoms with Crippen molar-refractivity contribution >= 4 is 0 Å². The molecule has 2 aromatic rings. The molecule has 1 saturated carbocycles. The number of hydrogen-bond donors (Lipinski definition) is 0. The lowest BCUT2D eigenvalue weighted by atomic mass is 9.70. The van der Waals surface area contributed by atoms with E-state index in [1.54, 1.807) is 12.1 Å². The zero-order valence-electron chi connectivity index (χ0n) is 20.4. The Labute approximate surface area is 211 Å². The molecule has 202 valence electrons. The minimum atomic E-state index is -4.29. The predicted octanol–water partition coefficient (Wildman–Crippen LogP) is 8.89. The Balaban J connectivity index is 1.33. The summed E-state index contributed by atoms with van der Waals surface area (Å²) in [7, 11) is 0. The van der Waals surface area contributed by atoms with Gasteiger partial charge in [-0.25, -0.2) is 8.78 Å². The van der Waals surface area contributed by atoms with E-state index in [-0.39, 0.29) is 29.6 Å². The van der Waals surface area contributed by atoms with Gasteiger partial charge in [-0.3, -0.25) is 0 Å². The fraction of sp³-hybridized carbons (Fsp3) is 0.500. The van der Waals surface area contributed by atoms with Crippen molar-refractivity contribution in [3.05, 3.63) is 70.8 Å². The summed E-state index contributed by atoms with van der Waals surface area (Å²) in [6.45, 7) is 0.705. The third-order valence-corrected chi connectivity index (χ3v) is 7.41. The van der Waals surface area contributed by atoms with E-state index in [1.165, 1.54) is 18.2 Å². The summed E-state index contributed by atoms with van der Waals surface area (Å²) in [5, 5.41) is 0. The van der Waals surface area contributed by atoms with E-state index < -0.39 is 47.8 Å². The summed E-state index contributed by atoms with van der Waals surface area (Å²) in [5.41, 5.74) is 0.296. The number of aryl methyl sites for hydroxylation is 1. The van der Waals surface area contributed by atoms with Gasteiger partial charge in [-0.1, -0.05) is 23.8 Å². The van der Waals surface area contributed by atoms with Crippen molar-refractivity contribution < 1.29 is 40.2 Å². The molecule has 0 amide bonds. The molecule has 0 aliphatic heterocycles. The van der Waals surface area contributed by atoms with Gasteiger partial charge < -0.3 is 9.47 Å². The molecule has 0 heterocycles. The largest absolute Gasteiger partial charge is 0.483 e. The van der Waals surface area contributed by atoms with Gasteiger partial charge >= 0.3 is 12.3 Å². The molecule has 0 bridgehead atoms. The maximum absolute atomic E-state index is 14.9. The van der Waals surface area contributed by atoms with Crippen molar-refractivity contribution in [3.63, 3.8) is 0 Å². The van der Waals surface area contributed by atoms with E-state index in [0.29, 0.717) is 38.5 Å². The lowest BCUT2D eigenvalue weighted by Crippen LogP contribution is -2.32. The highest BCUT2D eigenvalue weighted by Crippen LogP contribution is 2.45. The Morgan fingerprint density at radius 2 is 1.43 bits per heavy atom. The molecular weight excluding hydrogens is 501 g/mol. The Hall–Kier alpha value is -2.71. The highest BCUT2D eigenvalue weighted by atomic mass is 19.4. The van der Waals surface area contributed by atoms with Crippen LogP contribution in [-0.4, -0.2) is 18.9 Å². The Bertz CT molecular complexity index is 1080. The molecule has 2 aliphatic rings. The molecule has 0 saturated heterocycles. The molecule has 0 radical (unpaired) electrons. The topological polar surface area (TPSA) is 18.5 Å². The Morgan fingerprint density at radius 1 is 0.811 bits per heavy atom. The molecule has 9 heteroatoms. The zero-order chi connectivity index (χ0) is 26.8. The second-order valence-corrected chi connectivity index (χ2v) is 10.0. The number of ether oxygens (including phenoxy) is 2. The van der Waals surface area contributed by atoms with Crippen LogP contribution in [-0.2, 0) is 0 Å². The van der Waals surface area contributed by atoms with Crippen molar-refractivity contribution in [3.8, 4) is 11.5 Å². The van der Waals surface area contributed by atoms with Gasteiger partial charge in [0.25, 0.3) is 0 Å². The number of benzene rings is 2. The van der Waals surface area contributed by atoms with Crippen LogP contribution in [0.25, 0.3) is 0 Å². The molecule has 1 fully saturated rings. The lowest BCUT2D eigenvalue weighted by Gasteiger charge is -2.36. The number of alkyl halides is 5. The second-order valence-electron chi connectivity index (χ2n) is 10.0. The van der Waals surface area contributed by atoms with Crippen molar-refractivity contribution in [1.82, 2.24) is 0 Å². The minimum Gasteiger partial charge on any atom is -0.483 e. The van der Waals surface area contributed by atoms with Crippen LogP contribution in [0.5, 0.6) is 11.5 Å². The van der Waals surface area contributed by atoms with Crippen molar-refractivity contribution in [2.45, 2.75) is 70.1 Å². The molecule has 1 atom stereocenters. The van der Waals surface area contributed by atoms with Gasteiger partial charge in [0.1, 0.15) is 23.1 Å². The molecule has 0 N–H and O–H groups in total. The van der Waals surface area contributed by atoms with Gasteiger partial charge in [0.15, 0.2) is 6.61 Å². The summed E-state index contributed by atoms with van der Waals surface area (Å²) in [5.74, 6) is -2.44. The molecule has 2 nitrogen and oxygen atoms in total. The van der Waals surface area contributed by atoms with Gasteiger partial charge in [-0.2, -0.15) is 22.0 Å². The number of hydrogen-bond acceptors (Lipinski definition) is 2. The van der Waals surface area contributed by atoms with E-state index >= 15 is 0 Å². The fourth-order valence-electron chi connectivity index (χ4n) is 5.43. The molecule has 4 rings (SSSR count). The first-order valence-corrected chi connectivity index (χ1v) is 12.4. The average molecular weight is 531 g/mol. The van der Waals surface area contributed by atoms with E-state index in [4.69, 9.17) is 4.74 Å². The maximum Gasteiger partial charge on any atom is 0.433 e. The van der Waals surface area contributed by atoms with E-state index in [1.807, 2.05) is 6.92 Å². The van der Waals surface area contributed by atoms with Gasteiger partial charge in [0.05, 0.1) is 0 Å². The number of halogens is 7. The average Bonchev–Trinajstić information content (AvgIpc) is 2.83. The molecule has 0 spiro atoms. The summed E-state index contributed by atoms with van der Waals surface area (Å²) < 4.78 is 106. The van der Waals surface area contributed by atoms with Crippen LogP contribution in [0.3, 0.4) is 0 Å². The van der Waals surface area contributed by atoms with Crippen LogP contribution in [0.15, 0.2) is 48.0 Å². The highest BCUT2D eigenvalue weighted by Gasteiger charge is 2.38. The van der Waals surface area contributed by atoms with Gasteiger partial charge in [0.2, 0.25) is 0 Å². The second kappa shape index (κ2) is 11.0. The van der Waals surface area contributed by atoms with E-state index in [9.17, 15) is 30.7 Å². The fourth-order valence-corrected chi connectivity index (χ4v) is 5.43. The summed E-state index contributed by atoms with van der Waals surface area (Å²) in [4.78, 5) is 0. The third-order valence-electron chi connectivity index (χ3n) is 7.41. The normalized spacial score (nSPS) is 22.9. The molecule has 0 aromatic heterocycles. The molecular formula is C28H29F7O2. The van der Waals surface area contributed by atoms with Crippen LogP contribution in [0, 0.1) is 30.4 Å². The standard InChI is InChI=1S/C28H29F7O2/c1-17-2-12-22(13-3-17)36-16-27(31,32)37-23-14-24(29)26(25(30)15-23)20-6-4-18(5-7-20)19-8-10-21(11-9-19)28(33,34)35/h2-3,10,12-15,18-20H,4-9,11,16H2,1H3. The SMILES string of the molecule is Cc1ccc(OCC(F)(F)Oc2cc(F)c(C3CCC(C4CC=C(C(F)(F)F)CC4)CC3)c(F)c2)cc1. The van der Waals surface area contributed by atoms with Crippen molar-refractivity contribution in [2.75, 3.05) is 6.61 Å². The first-order valence-electron chi connectivity index (χ1n) is 12.4. The zero-order valence-corrected chi connectivity index (χ0v) is 20.4. The highest BCUT2D eigenvalue weighted by molar-refractivity contribution is 5.33. The van der Waals surface area contributed by atoms with Crippen LogP contribution >= 0.6 is 0 Å². The van der Waals surface area contributed by atoms with Crippen LogP contribution < -0.4 is 9.47 Å². The van der Waals surface area contributed by atoms with E-state index in [2.05, 4.69) is 4.74 Å². The minimum absolute atomic E-state index is 0.000489. The van der Waals surface area contributed by atoms with Crippen molar-refractivity contribution in [2.24, 2.45) is 11.8 Å². The molecule has 37 heavy (non-hydrogen) atoms. The van der Waals surface area contributed by atoms with Crippen LogP contribution in [0.1, 0.15) is 62.0 Å². The van der Waals surface area contributed by atoms with Crippen LogP contribution in [0.4, 0.5) is 30.7 Å². The number of rotatable bonds is 7. The first-order chi connectivity index (χ1) is 17.4. The number of allylic oxidation sites excluding steroid dienone is 2. The maximum atomic E-state index is 14.9. The lowest BCUT2D eigenvalue weighted by molar-refractivity contribution is -0.195. The quantitative estimate of drug-likeness (QED) is 0.263.